The molecule has 218 valence electrons. The van der Waals surface area contributed by atoms with Gasteiger partial charge in [-0.15, -0.1) is 0 Å². The fourth-order valence-electron chi connectivity index (χ4n) is 9.40. The minimum atomic E-state index is -0.321. The van der Waals surface area contributed by atoms with Gasteiger partial charge in [0, 0.05) is 38.0 Å². The highest BCUT2D eigenvalue weighted by molar-refractivity contribution is 5.91. The van der Waals surface area contributed by atoms with Crippen molar-refractivity contribution in [3.63, 3.8) is 0 Å². The molecule has 3 saturated carbocycles. The number of hydrogen-bond acceptors (Lipinski definition) is 6. The third-order valence-electron chi connectivity index (χ3n) is 11.7. The Kier molecular flexibility index (Phi) is 8.59. The molecule has 0 bridgehead atoms. The molecule has 1 heterocycles. The van der Waals surface area contributed by atoms with Crippen molar-refractivity contribution in [3.8, 4) is 0 Å². The number of oxime groups is 1. The molecule has 1 N–H and O–H groups in total. The van der Waals surface area contributed by atoms with Gasteiger partial charge in [-0.3, -0.25) is 9.63 Å². The molecule has 0 aromatic heterocycles. The minimum absolute atomic E-state index is 0.206. The molecule has 1 saturated heterocycles. The van der Waals surface area contributed by atoms with E-state index < -0.39 is 0 Å². The van der Waals surface area contributed by atoms with E-state index in [1.807, 2.05) is 25.1 Å². The van der Waals surface area contributed by atoms with Crippen molar-refractivity contribution in [1.29, 1.82) is 0 Å². The van der Waals surface area contributed by atoms with Crippen molar-refractivity contribution in [2.45, 2.75) is 97.4 Å². The first kappa shape index (κ1) is 28.8. The predicted molar refractivity (Wildman–Crippen MR) is 156 cm³/mol. The zero-order valence-corrected chi connectivity index (χ0v) is 25.1. The van der Waals surface area contributed by atoms with Gasteiger partial charge in [-0.05, 0) is 120 Å². The Hall–Kier alpha value is -1.73. The molecule has 5 rings (SSSR count). The molecule has 5 aliphatic rings. The van der Waals surface area contributed by atoms with E-state index in [-0.39, 0.29) is 16.9 Å². The molecule has 4 aliphatic carbocycles. The van der Waals surface area contributed by atoms with Crippen LogP contribution in [-0.2, 0) is 9.63 Å². The summed E-state index contributed by atoms with van der Waals surface area (Å²) in [5.74, 6) is 2.80. The van der Waals surface area contributed by atoms with Gasteiger partial charge in [-0.1, -0.05) is 31.0 Å². The molecule has 1 aliphatic heterocycles. The molecule has 4 fully saturated rings. The van der Waals surface area contributed by atoms with Gasteiger partial charge >= 0.3 is 6.09 Å². The summed E-state index contributed by atoms with van der Waals surface area (Å²) >= 11 is 0. The zero-order chi connectivity index (χ0) is 27.8. The lowest BCUT2D eigenvalue weighted by molar-refractivity contribution is -0.117. The van der Waals surface area contributed by atoms with Gasteiger partial charge in [-0.25, -0.2) is 4.79 Å². The lowest BCUT2D eigenvalue weighted by Crippen LogP contribution is -2.51. The Morgan fingerprint density at radius 3 is 2.62 bits per heavy atom. The Morgan fingerprint density at radius 1 is 1.05 bits per heavy atom. The number of piperidine rings is 1. The highest BCUT2D eigenvalue weighted by Gasteiger charge is 2.59. The zero-order valence-electron chi connectivity index (χ0n) is 25.1. The lowest BCUT2D eigenvalue weighted by Gasteiger charge is -2.58. The Labute approximate surface area is 236 Å². The molecule has 39 heavy (non-hydrogen) atoms. The van der Waals surface area contributed by atoms with Crippen LogP contribution in [-0.4, -0.2) is 73.7 Å². The SMILES string of the molecule is C/C(=N\OC(=O)N(CCN(C)C)CC1CCCCN1)[C@H]1CC[C@H]2[C@@H]3CCC4=CC(=O)CC[C@]4(C)[C@H]3CC[C@]12C. The minimum Gasteiger partial charge on any atom is -0.312 e. The second kappa shape index (κ2) is 11.6. The van der Waals surface area contributed by atoms with Crippen molar-refractivity contribution in [1.82, 2.24) is 15.1 Å². The normalized spacial score (nSPS) is 38.5. The molecule has 1 amide bonds. The number of rotatable bonds is 7. The fourth-order valence-corrected chi connectivity index (χ4v) is 9.40. The maximum absolute atomic E-state index is 13.2. The highest BCUT2D eigenvalue weighted by Crippen LogP contribution is 2.66. The van der Waals surface area contributed by atoms with Crippen LogP contribution in [0.25, 0.3) is 0 Å². The number of nitrogens with zero attached hydrogens (tertiary/aromatic N) is 3. The van der Waals surface area contributed by atoms with Crippen molar-refractivity contribution >= 4 is 17.6 Å². The lowest BCUT2D eigenvalue weighted by atomic mass is 9.46. The number of fused-ring (bicyclic) bond motifs is 5. The number of amides is 1. The van der Waals surface area contributed by atoms with E-state index in [1.165, 1.54) is 44.1 Å². The monoisotopic (exact) mass is 540 g/mol. The number of carbonyl (C=O) groups is 2. The van der Waals surface area contributed by atoms with Gasteiger partial charge in [-0.2, -0.15) is 0 Å². The second-order valence-electron chi connectivity index (χ2n) is 14.1. The molecular weight excluding hydrogens is 488 g/mol. The van der Waals surface area contributed by atoms with Crippen LogP contribution in [0.4, 0.5) is 4.79 Å². The number of nitrogens with one attached hydrogen (secondary N) is 1. The quantitative estimate of drug-likeness (QED) is 0.257. The second-order valence-corrected chi connectivity index (χ2v) is 14.1. The first-order valence-electron chi connectivity index (χ1n) is 15.7. The maximum Gasteiger partial charge on any atom is 0.436 e. The van der Waals surface area contributed by atoms with E-state index in [1.54, 1.807) is 0 Å². The van der Waals surface area contributed by atoms with E-state index in [4.69, 9.17) is 4.84 Å². The van der Waals surface area contributed by atoms with Gasteiger partial charge in [0.05, 0.1) is 5.71 Å². The molecule has 0 spiro atoms. The van der Waals surface area contributed by atoms with Crippen LogP contribution in [0.15, 0.2) is 16.8 Å². The summed E-state index contributed by atoms with van der Waals surface area (Å²) < 4.78 is 0. The van der Waals surface area contributed by atoms with E-state index in [0.717, 1.165) is 50.4 Å². The van der Waals surface area contributed by atoms with Crippen LogP contribution in [0.3, 0.4) is 0 Å². The van der Waals surface area contributed by atoms with Crippen LogP contribution in [0.2, 0.25) is 0 Å². The molecular formula is C32H52N4O3. The first-order chi connectivity index (χ1) is 18.6. The molecule has 7 nitrogen and oxygen atoms in total. The summed E-state index contributed by atoms with van der Waals surface area (Å²) in [6.07, 6.45) is 14.1. The molecule has 7 atom stereocenters. The third-order valence-corrected chi connectivity index (χ3v) is 11.7. The van der Waals surface area contributed by atoms with E-state index in [2.05, 4.69) is 36.1 Å². The Bertz CT molecular complexity index is 986. The molecule has 0 aromatic rings. The first-order valence-corrected chi connectivity index (χ1v) is 15.7. The largest absolute Gasteiger partial charge is 0.436 e. The van der Waals surface area contributed by atoms with Crippen molar-refractivity contribution in [2.75, 3.05) is 40.3 Å². The number of likely N-dealkylation sites (N-methyl/N-ethyl adjacent to an activating group) is 1. The number of ketones is 1. The molecule has 0 radical (unpaired) electrons. The van der Waals surface area contributed by atoms with Crippen LogP contribution < -0.4 is 5.32 Å². The molecule has 0 aromatic carbocycles. The smallest absolute Gasteiger partial charge is 0.312 e. The Morgan fingerprint density at radius 2 is 1.87 bits per heavy atom. The van der Waals surface area contributed by atoms with E-state index in [9.17, 15) is 9.59 Å². The van der Waals surface area contributed by atoms with Gasteiger partial charge in [0.2, 0.25) is 0 Å². The fraction of sp³-hybridized carbons (Fsp3) is 0.844. The van der Waals surface area contributed by atoms with Gasteiger partial charge in [0.15, 0.2) is 5.78 Å². The summed E-state index contributed by atoms with van der Waals surface area (Å²) in [4.78, 5) is 35.0. The van der Waals surface area contributed by atoms with Crippen molar-refractivity contribution in [3.05, 3.63) is 11.6 Å². The topological polar surface area (TPSA) is 74.2 Å². The summed E-state index contributed by atoms with van der Waals surface area (Å²) in [5, 5.41) is 8.08. The van der Waals surface area contributed by atoms with Gasteiger partial charge in [0.1, 0.15) is 0 Å². The van der Waals surface area contributed by atoms with Gasteiger partial charge < -0.3 is 15.1 Å². The molecule has 1 unspecified atom stereocenters. The number of carbonyl (C=O) groups excluding carboxylic acids is 2. The average molecular weight is 541 g/mol. The predicted octanol–water partition coefficient (Wildman–Crippen LogP) is 5.65. The Balaban J connectivity index is 1.25. The number of hydrogen-bond donors (Lipinski definition) is 1. The van der Waals surface area contributed by atoms with Crippen LogP contribution in [0.5, 0.6) is 0 Å². The summed E-state index contributed by atoms with van der Waals surface area (Å²) in [6.45, 7) is 10.2. The van der Waals surface area contributed by atoms with Crippen molar-refractivity contribution < 1.29 is 14.4 Å². The summed E-state index contributed by atoms with van der Waals surface area (Å²) in [7, 11) is 4.07. The number of allylic oxidation sites excluding steroid dienone is 1. The third kappa shape index (κ3) is 5.72. The summed E-state index contributed by atoms with van der Waals surface area (Å²) in [5.41, 5.74) is 2.84. The van der Waals surface area contributed by atoms with Gasteiger partial charge in [0.25, 0.3) is 0 Å². The van der Waals surface area contributed by atoms with Crippen LogP contribution in [0.1, 0.15) is 91.4 Å². The standard InChI is InChI=1S/C32H52N4O3/c1-22(34-39-30(38)36(19-18-35(4)5)21-24-8-6-7-17-33-24)27-11-12-28-26-10-9-23-20-25(37)13-15-31(23,2)29(26)14-16-32(27,28)3/h20,24,26-29,33H,6-19,21H2,1-5H3/b34-22+/t24?,26-,27+,28-,29-,31-,32+/m0/s1. The molecule has 7 heteroatoms. The van der Waals surface area contributed by atoms with E-state index in [0.29, 0.717) is 49.1 Å². The van der Waals surface area contributed by atoms with Crippen LogP contribution >= 0.6 is 0 Å². The van der Waals surface area contributed by atoms with Crippen molar-refractivity contribution in [2.24, 2.45) is 39.7 Å². The average Bonchev–Trinajstić information content (AvgIpc) is 3.27. The summed E-state index contributed by atoms with van der Waals surface area (Å²) in [6, 6.07) is 0.332. The van der Waals surface area contributed by atoms with E-state index >= 15 is 0 Å². The maximum atomic E-state index is 13.2. The van der Waals surface area contributed by atoms with Crippen LogP contribution in [0, 0.1) is 34.5 Å². The highest BCUT2D eigenvalue weighted by atomic mass is 16.7.